The van der Waals surface area contributed by atoms with Crippen LogP contribution in [0.2, 0.25) is 10.0 Å². The topological polar surface area (TPSA) is 71.1 Å². The van der Waals surface area contributed by atoms with E-state index in [0.717, 1.165) is 0 Å². The summed E-state index contributed by atoms with van der Waals surface area (Å²) >= 11 is 11.6. The number of nitrogens with one attached hydrogen (secondary N) is 2. The zero-order valence-electron chi connectivity index (χ0n) is 7.40. The molecule has 4 nitrogen and oxygen atoms in total. The molecule has 4 N–H and O–H groups in total. The molecule has 0 bridgehead atoms. The summed E-state index contributed by atoms with van der Waals surface area (Å²) in [7, 11) is 1.48. The van der Waals surface area contributed by atoms with E-state index in [1.165, 1.54) is 13.2 Å². The zero-order chi connectivity index (χ0) is 10.7. The predicted octanol–water partition coefficient (Wildman–Crippen LogP) is 2.31. The number of methoxy groups -OCH3 is 1. The van der Waals surface area contributed by atoms with Crippen LogP contribution in [0.3, 0.4) is 0 Å². The second-order valence-electron chi connectivity index (χ2n) is 2.50. The van der Waals surface area contributed by atoms with Crippen molar-refractivity contribution in [1.29, 1.82) is 5.41 Å². The van der Waals surface area contributed by atoms with Crippen LogP contribution in [0.25, 0.3) is 0 Å². The molecule has 0 atom stereocenters. The summed E-state index contributed by atoms with van der Waals surface area (Å²) < 4.78 is 5.02. The fourth-order valence-electron chi connectivity index (χ4n) is 0.967. The van der Waals surface area contributed by atoms with Crippen molar-refractivity contribution in [3.63, 3.8) is 0 Å². The minimum absolute atomic E-state index is 0.215. The van der Waals surface area contributed by atoms with E-state index < -0.39 is 0 Å². The Morgan fingerprint density at radius 3 is 2.64 bits per heavy atom. The quantitative estimate of drug-likeness (QED) is 0.543. The fraction of sp³-hybridized carbons (Fsp3) is 0.125. The number of hydrogen-bond acceptors (Lipinski definition) is 2. The minimum Gasteiger partial charge on any atom is -0.494 e. The average molecular weight is 234 g/mol. The molecule has 1 aromatic carbocycles. The summed E-state index contributed by atoms with van der Waals surface area (Å²) in [4.78, 5) is 0. The Morgan fingerprint density at radius 1 is 1.50 bits per heavy atom. The van der Waals surface area contributed by atoms with Crippen molar-refractivity contribution in [2.45, 2.75) is 0 Å². The predicted molar refractivity (Wildman–Crippen MR) is 58.6 cm³/mol. The molecule has 0 fully saturated rings. The molecule has 6 heteroatoms. The lowest BCUT2D eigenvalue weighted by Crippen LogP contribution is -2.21. The Balaban J connectivity index is 3.18. The number of guanidine groups is 1. The van der Waals surface area contributed by atoms with Gasteiger partial charge >= 0.3 is 0 Å². The minimum atomic E-state index is -0.215. The van der Waals surface area contributed by atoms with Gasteiger partial charge in [-0.2, -0.15) is 0 Å². The molecule has 0 unspecified atom stereocenters. The standard InChI is InChI=1S/C8H9Cl2N3O/c1-14-6-3-4(9)2-5(10)7(6)13-8(11)12/h2-3H,1H3,(H4,11,12,13). The molecule has 0 aliphatic carbocycles. The summed E-state index contributed by atoms with van der Waals surface area (Å²) in [5.41, 5.74) is 5.62. The van der Waals surface area contributed by atoms with Crippen LogP contribution in [0.5, 0.6) is 5.75 Å². The Kier molecular flexibility index (Phi) is 3.43. The highest BCUT2D eigenvalue weighted by atomic mass is 35.5. The number of rotatable bonds is 2. The third-order valence-corrected chi connectivity index (χ3v) is 2.01. The summed E-state index contributed by atoms with van der Waals surface area (Å²) in [6.07, 6.45) is 0. The van der Waals surface area contributed by atoms with E-state index in [-0.39, 0.29) is 5.96 Å². The van der Waals surface area contributed by atoms with E-state index in [1.807, 2.05) is 0 Å². The van der Waals surface area contributed by atoms with Gasteiger partial charge in [0.25, 0.3) is 0 Å². The molecule has 0 aromatic heterocycles. The maximum absolute atomic E-state index is 7.07. The van der Waals surface area contributed by atoms with Crippen molar-refractivity contribution in [1.82, 2.24) is 0 Å². The third kappa shape index (κ3) is 2.43. The van der Waals surface area contributed by atoms with E-state index in [4.69, 9.17) is 39.1 Å². The number of anilines is 1. The molecule has 0 saturated heterocycles. The van der Waals surface area contributed by atoms with E-state index in [0.29, 0.717) is 21.5 Å². The van der Waals surface area contributed by atoms with Crippen LogP contribution < -0.4 is 15.8 Å². The van der Waals surface area contributed by atoms with Gasteiger partial charge in [-0.1, -0.05) is 23.2 Å². The zero-order valence-corrected chi connectivity index (χ0v) is 8.91. The van der Waals surface area contributed by atoms with Crippen molar-refractivity contribution in [2.75, 3.05) is 12.4 Å². The van der Waals surface area contributed by atoms with Crippen LogP contribution in [0, 0.1) is 5.41 Å². The Bertz CT molecular complexity index is 368. The second kappa shape index (κ2) is 4.39. The Morgan fingerprint density at radius 2 is 2.14 bits per heavy atom. The molecule has 14 heavy (non-hydrogen) atoms. The van der Waals surface area contributed by atoms with Gasteiger partial charge in [-0.3, -0.25) is 5.41 Å². The van der Waals surface area contributed by atoms with Crippen molar-refractivity contribution >= 4 is 34.8 Å². The first-order valence-electron chi connectivity index (χ1n) is 3.68. The highest BCUT2D eigenvalue weighted by Crippen LogP contribution is 2.35. The summed E-state index contributed by atoms with van der Waals surface area (Å²) in [6, 6.07) is 3.12. The molecule has 0 saturated carbocycles. The van der Waals surface area contributed by atoms with Gasteiger partial charge < -0.3 is 15.8 Å². The summed E-state index contributed by atoms with van der Waals surface area (Å²) in [5, 5.41) is 10.4. The normalized spacial score (nSPS) is 9.64. The Labute approximate surface area is 91.5 Å². The van der Waals surface area contributed by atoms with Crippen LogP contribution in [-0.2, 0) is 0 Å². The van der Waals surface area contributed by atoms with E-state index in [1.54, 1.807) is 6.07 Å². The van der Waals surface area contributed by atoms with Crippen molar-refractivity contribution in [2.24, 2.45) is 5.73 Å². The summed E-state index contributed by atoms with van der Waals surface area (Å²) in [5.74, 6) is 0.227. The van der Waals surface area contributed by atoms with Gasteiger partial charge in [0.15, 0.2) is 5.96 Å². The SMILES string of the molecule is COc1cc(Cl)cc(Cl)c1NC(=N)N. The molecule has 76 valence electrons. The van der Waals surface area contributed by atoms with E-state index in [9.17, 15) is 0 Å². The highest BCUT2D eigenvalue weighted by molar-refractivity contribution is 6.37. The average Bonchev–Trinajstić information content (AvgIpc) is 2.08. The van der Waals surface area contributed by atoms with Crippen molar-refractivity contribution in [3.8, 4) is 5.75 Å². The number of hydrogen-bond donors (Lipinski definition) is 3. The van der Waals surface area contributed by atoms with Crippen molar-refractivity contribution in [3.05, 3.63) is 22.2 Å². The van der Waals surface area contributed by atoms with Gasteiger partial charge in [-0.25, -0.2) is 0 Å². The van der Waals surface area contributed by atoms with Crippen LogP contribution in [-0.4, -0.2) is 13.1 Å². The molecule has 0 heterocycles. The number of ether oxygens (including phenoxy) is 1. The number of nitrogens with two attached hydrogens (primary N) is 1. The molecule has 0 radical (unpaired) electrons. The first-order valence-corrected chi connectivity index (χ1v) is 4.44. The molecule has 0 aliphatic rings. The molecule has 1 aromatic rings. The molecular weight excluding hydrogens is 225 g/mol. The van der Waals surface area contributed by atoms with Crippen LogP contribution in [0.1, 0.15) is 0 Å². The smallest absolute Gasteiger partial charge is 0.190 e. The number of halogens is 2. The summed E-state index contributed by atoms with van der Waals surface area (Å²) in [6.45, 7) is 0. The molecule has 0 amide bonds. The molecular formula is C8H9Cl2N3O. The Hall–Kier alpha value is -1.13. The van der Waals surface area contributed by atoms with Gasteiger partial charge in [-0.05, 0) is 6.07 Å². The van der Waals surface area contributed by atoms with Gasteiger partial charge in [-0.15, -0.1) is 0 Å². The van der Waals surface area contributed by atoms with Crippen LogP contribution >= 0.6 is 23.2 Å². The first-order chi connectivity index (χ1) is 6.54. The lowest BCUT2D eigenvalue weighted by molar-refractivity contribution is 0.417. The highest BCUT2D eigenvalue weighted by Gasteiger charge is 2.09. The molecule has 1 rings (SSSR count). The van der Waals surface area contributed by atoms with Gasteiger partial charge in [0.2, 0.25) is 0 Å². The monoisotopic (exact) mass is 233 g/mol. The lowest BCUT2D eigenvalue weighted by Gasteiger charge is -2.11. The fourth-order valence-corrected chi connectivity index (χ4v) is 1.49. The maximum atomic E-state index is 7.07. The third-order valence-electron chi connectivity index (χ3n) is 1.50. The van der Waals surface area contributed by atoms with Gasteiger partial charge in [0, 0.05) is 11.1 Å². The van der Waals surface area contributed by atoms with Crippen LogP contribution in [0.15, 0.2) is 12.1 Å². The van der Waals surface area contributed by atoms with Crippen LogP contribution in [0.4, 0.5) is 5.69 Å². The molecule has 0 aliphatic heterocycles. The van der Waals surface area contributed by atoms with E-state index >= 15 is 0 Å². The number of benzene rings is 1. The van der Waals surface area contributed by atoms with Gasteiger partial charge in [0.05, 0.1) is 12.1 Å². The maximum Gasteiger partial charge on any atom is 0.190 e. The van der Waals surface area contributed by atoms with E-state index in [2.05, 4.69) is 5.32 Å². The molecule has 0 spiro atoms. The lowest BCUT2D eigenvalue weighted by atomic mass is 10.3. The second-order valence-corrected chi connectivity index (χ2v) is 3.35. The first kappa shape index (κ1) is 10.9. The van der Waals surface area contributed by atoms with Gasteiger partial charge in [0.1, 0.15) is 11.4 Å². The van der Waals surface area contributed by atoms with Crippen molar-refractivity contribution < 1.29 is 4.74 Å². The largest absolute Gasteiger partial charge is 0.494 e.